The third kappa shape index (κ3) is 6.92. The van der Waals surface area contributed by atoms with Crippen LogP contribution < -0.4 is 5.32 Å². The first-order valence-corrected chi connectivity index (χ1v) is 13.3. The van der Waals surface area contributed by atoms with Crippen LogP contribution in [-0.4, -0.2) is 35.7 Å². The minimum atomic E-state index is -4.25. The van der Waals surface area contributed by atoms with Crippen molar-refractivity contribution < 1.29 is 13.2 Å². The van der Waals surface area contributed by atoms with E-state index in [4.69, 9.17) is 0 Å². The lowest BCUT2D eigenvalue weighted by Crippen LogP contribution is -2.43. The summed E-state index contributed by atoms with van der Waals surface area (Å²) < 4.78 is 40.0. The number of aryl methyl sites for hydroxylation is 1. The maximum atomic E-state index is 13.3. The predicted molar refractivity (Wildman–Crippen MR) is 144 cm³/mol. The number of piperidine rings is 1. The van der Waals surface area contributed by atoms with Crippen LogP contribution in [0.1, 0.15) is 68.3 Å². The average Bonchev–Trinajstić information content (AvgIpc) is 2.89. The van der Waals surface area contributed by atoms with Crippen LogP contribution in [0.15, 0.2) is 84.2 Å². The largest absolute Gasteiger partial charge is 0.416 e. The highest BCUT2D eigenvalue weighted by molar-refractivity contribution is 5.37. The highest BCUT2D eigenvalue weighted by Gasteiger charge is 2.37. The zero-order chi connectivity index (χ0) is 26.5. The van der Waals surface area contributed by atoms with Crippen LogP contribution in [0.5, 0.6) is 0 Å². The van der Waals surface area contributed by atoms with Gasteiger partial charge in [-0.15, -0.1) is 0 Å². The standard InChI is InChI=1S/C31H38F3N3/c1-23-13-15-26(16-14-23)29(28-12-6-7-19-35-28)36-24(2)30(3)17-21-37(22-18-30)20-8-10-25-9-4-5-11-27(25)31(32,33)34/h6-7,9,11-16,19,29,36H,2,4-5,8,10,17-18,20-22H2,1,3H3. The summed E-state index contributed by atoms with van der Waals surface area (Å²) in [5.74, 6) is 0. The number of hydrogen-bond donors (Lipinski definition) is 1. The summed E-state index contributed by atoms with van der Waals surface area (Å²) in [5, 5.41) is 3.70. The number of likely N-dealkylation sites (tertiary alicyclic amines) is 1. The van der Waals surface area contributed by atoms with E-state index in [9.17, 15) is 13.2 Å². The Hall–Kier alpha value is -2.86. The van der Waals surface area contributed by atoms with Gasteiger partial charge in [0.1, 0.15) is 0 Å². The van der Waals surface area contributed by atoms with E-state index in [-0.39, 0.29) is 11.5 Å². The Balaban J connectivity index is 1.33. The van der Waals surface area contributed by atoms with Crippen molar-refractivity contribution in [1.82, 2.24) is 15.2 Å². The maximum Gasteiger partial charge on any atom is 0.416 e. The number of halogens is 3. The first-order chi connectivity index (χ1) is 17.7. The second kappa shape index (κ2) is 11.7. The molecule has 0 spiro atoms. The van der Waals surface area contributed by atoms with Crippen LogP contribution >= 0.6 is 0 Å². The first-order valence-electron chi connectivity index (χ1n) is 13.3. The molecule has 2 heterocycles. The molecule has 1 aromatic carbocycles. The fraction of sp³-hybridized carbons (Fsp3) is 0.452. The molecule has 0 amide bonds. The van der Waals surface area contributed by atoms with Crippen molar-refractivity contribution in [2.24, 2.45) is 5.41 Å². The fourth-order valence-corrected chi connectivity index (χ4v) is 5.31. The molecular formula is C31H38F3N3. The molecule has 0 bridgehead atoms. The number of nitrogens with one attached hydrogen (secondary N) is 1. The number of pyridine rings is 1. The van der Waals surface area contributed by atoms with Gasteiger partial charge in [0.05, 0.1) is 17.3 Å². The molecule has 2 aromatic rings. The van der Waals surface area contributed by atoms with Gasteiger partial charge in [-0.05, 0) is 88.4 Å². The number of rotatable bonds is 9. The van der Waals surface area contributed by atoms with Gasteiger partial charge in [-0.25, -0.2) is 0 Å². The monoisotopic (exact) mass is 509 g/mol. The van der Waals surface area contributed by atoms with E-state index in [0.717, 1.165) is 55.9 Å². The van der Waals surface area contributed by atoms with Gasteiger partial charge >= 0.3 is 6.18 Å². The molecular weight excluding hydrogens is 471 g/mol. The van der Waals surface area contributed by atoms with Crippen LogP contribution in [0.2, 0.25) is 0 Å². The minimum absolute atomic E-state index is 0.0632. The van der Waals surface area contributed by atoms with E-state index in [1.165, 1.54) is 11.6 Å². The molecule has 6 heteroatoms. The van der Waals surface area contributed by atoms with E-state index in [1.54, 1.807) is 6.08 Å². The van der Waals surface area contributed by atoms with E-state index in [0.29, 0.717) is 24.8 Å². The minimum Gasteiger partial charge on any atom is -0.376 e. The molecule has 1 aromatic heterocycles. The second-order valence-corrected chi connectivity index (χ2v) is 10.6. The van der Waals surface area contributed by atoms with Gasteiger partial charge in [0.15, 0.2) is 0 Å². The quantitative estimate of drug-likeness (QED) is 0.376. The molecule has 1 atom stereocenters. The van der Waals surface area contributed by atoms with Crippen LogP contribution in [0, 0.1) is 12.3 Å². The van der Waals surface area contributed by atoms with Crippen LogP contribution in [-0.2, 0) is 0 Å². The average molecular weight is 510 g/mol. The van der Waals surface area contributed by atoms with E-state index < -0.39 is 11.7 Å². The molecule has 37 heavy (non-hydrogen) atoms. The SMILES string of the molecule is C=C(NC(c1ccc(C)cc1)c1ccccn1)C1(C)CCN(CCCC2=CCCC=C2C(F)(F)F)CC1. The summed E-state index contributed by atoms with van der Waals surface area (Å²) >= 11 is 0. The lowest BCUT2D eigenvalue weighted by Gasteiger charge is -2.42. The lowest BCUT2D eigenvalue weighted by molar-refractivity contribution is -0.0900. The van der Waals surface area contributed by atoms with Crippen molar-refractivity contribution >= 4 is 0 Å². The number of alkyl halides is 3. The van der Waals surface area contributed by atoms with Crippen molar-refractivity contribution in [3.8, 4) is 0 Å². The Kier molecular flexibility index (Phi) is 8.58. The van der Waals surface area contributed by atoms with Crippen LogP contribution in [0.3, 0.4) is 0 Å². The summed E-state index contributed by atoms with van der Waals surface area (Å²) in [6.45, 7) is 11.4. The smallest absolute Gasteiger partial charge is 0.376 e. The number of aromatic nitrogens is 1. The highest BCUT2D eigenvalue weighted by atomic mass is 19.4. The van der Waals surface area contributed by atoms with E-state index in [2.05, 4.69) is 59.9 Å². The van der Waals surface area contributed by atoms with Gasteiger partial charge < -0.3 is 10.2 Å². The van der Waals surface area contributed by atoms with Crippen molar-refractivity contribution in [3.63, 3.8) is 0 Å². The van der Waals surface area contributed by atoms with E-state index in [1.807, 2.05) is 24.4 Å². The molecule has 4 rings (SSSR count). The Bertz CT molecular complexity index is 1110. The van der Waals surface area contributed by atoms with Gasteiger partial charge in [0.25, 0.3) is 0 Å². The zero-order valence-electron chi connectivity index (χ0n) is 22.0. The maximum absolute atomic E-state index is 13.3. The molecule has 0 saturated carbocycles. The van der Waals surface area contributed by atoms with Crippen molar-refractivity contribution in [3.05, 3.63) is 101 Å². The molecule has 2 aliphatic rings. The molecule has 198 valence electrons. The molecule has 0 radical (unpaired) electrons. The number of benzene rings is 1. The van der Waals surface area contributed by atoms with Gasteiger partial charge in [-0.1, -0.05) is 61.5 Å². The van der Waals surface area contributed by atoms with Crippen molar-refractivity contribution in [2.45, 2.75) is 64.6 Å². The summed E-state index contributed by atoms with van der Waals surface area (Å²) in [4.78, 5) is 6.99. The van der Waals surface area contributed by atoms with Crippen molar-refractivity contribution in [1.29, 1.82) is 0 Å². The topological polar surface area (TPSA) is 28.2 Å². The molecule has 1 fully saturated rings. The van der Waals surface area contributed by atoms with Gasteiger partial charge in [0, 0.05) is 17.3 Å². The lowest BCUT2D eigenvalue weighted by atomic mass is 9.77. The molecule has 1 saturated heterocycles. The molecule has 1 unspecified atom stereocenters. The number of nitrogens with zero attached hydrogens (tertiary/aromatic N) is 2. The Labute approximate surface area is 219 Å². The zero-order valence-corrected chi connectivity index (χ0v) is 22.0. The third-order valence-electron chi connectivity index (χ3n) is 7.88. The van der Waals surface area contributed by atoms with Gasteiger partial charge in [-0.3, -0.25) is 4.98 Å². The van der Waals surface area contributed by atoms with Crippen LogP contribution in [0.25, 0.3) is 0 Å². The molecule has 1 N–H and O–H groups in total. The van der Waals surface area contributed by atoms with Crippen molar-refractivity contribution in [2.75, 3.05) is 19.6 Å². The predicted octanol–water partition coefficient (Wildman–Crippen LogP) is 7.67. The summed E-state index contributed by atoms with van der Waals surface area (Å²) in [5.41, 5.74) is 4.31. The van der Waals surface area contributed by atoms with Gasteiger partial charge in [0.2, 0.25) is 0 Å². The Morgan fingerprint density at radius 3 is 2.43 bits per heavy atom. The Morgan fingerprint density at radius 1 is 1.08 bits per heavy atom. The number of hydrogen-bond acceptors (Lipinski definition) is 3. The third-order valence-corrected chi connectivity index (χ3v) is 7.88. The summed E-state index contributed by atoms with van der Waals surface area (Å²) in [6, 6.07) is 14.4. The van der Waals surface area contributed by atoms with E-state index >= 15 is 0 Å². The Morgan fingerprint density at radius 2 is 1.78 bits per heavy atom. The summed E-state index contributed by atoms with van der Waals surface area (Å²) in [7, 11) is 0. The molecule has 3 nitrogen and oxygen atoms in total. The summed E-state index contributed by atoms with van der Waals surface area (Å²) in [6.07, 6.45) is 5.01. The molecule has 1 aliphatic heterocycles. The first kappa shape index (κ1) is 27.2. The van der Waals surface area contributed by atoms with Gasteiger partial charge in [-0.2, -0.15) is 13.2 Å². The number of allylic oxidation sites excluding steroid dienone is 5. The van der Waals surface area contributed by atoms with Crippen LogP contribution in [0.4, 0.5) is 13.2 Å². The normalized spacial score (nSPS) is 19.1. The fourth-order valence-electron chi connectivity index (χ4n) is 5.31. The highest BCUT2D eigenvalue weighted by Crippen LogP contribution is 2.39. The molecule has 1 aliphatic carbocycles. The second-order valence-electron chi connectivity index (χ2n) is 10.6.